The minimum atomic E-state index is -4.59. The Morgan fingerprint density at radius 3 is 2.44 bits per heavy atom. The summed E-state index contributed by atoms with van der Waals surface area (Å²) in [7, 11) is -4.00. The molecule has 2 aromatic carbocycles. The number of hydrogen-bond donors (Lipinski definition) is 0. The molecule has 0 spiro atoms. The Balaban J connectivity index is 1.42. The molecule has 1 aromatic heterocycles. The lowest BCUT2D eigenvalue weighted by atomic mass is 10.1. The van der Waals surface area contributed by atoms with E-state index in [9.17, 15) is 21.6 Å². The number of rotatable bonds is 5. The van der Waals surface area contributed by atoms with Crippen LogP contribution < -0.4 is 4.90 Å². The van der Waals surface area contributed by atoms with E-state index in [1.807, 2.05) is 34.5 Å². The van der Waals surface area contributed by atoms with Crippen molar-refractivity contribution in [1.29, 1.82) is 0 Å². The van der Waals surface area contributed by atoms with Crippen LogP contribution in [0.1, 0.15) is 16.8 Å². The lowest BCUT2D eigenvalue weighted by Gasteiger charge is -2.33. The van der Waals surface area contributed by atoms with Crippen molar-refractivity contribution >= 4 is 42.4 Å². The molecule has 0 amide bonds. The molecule has 0 bridgehead atoms. The highest BCUT2D eigenvalue weighted by Gasteiger charge is 2.34. The summed E-state index contributed by atoms with van der Waals surface area (Å²) < 4.78 is 66.9. The molecule has 0 aliphatic carbocycles. The minimum Gasteiger partial charge on any atom is -0.345 e. The molecule has 170 valence electrons. The molecule has 0 N–H and O–H groups in total. The number of alkyl halides is 3. The summed E-state index contributed by atoms with van der Waals surface area (Å²) in [5.41, 5.74) is 1.09. The topological polar surface area (TPSA) is 53.5 Å². The van der Waals surface area contributed by atoms with Crippen LogP contribution >= 0.6 is 27.3 Å². The van der Waals surface area contributed by atoms with Crippen molar-refractivity contribution in [2.75, 3.05) is 31.1 Å². The number of sulfonamides is 1. The monoisotopic (exact) mass is 545 g/mol. The van der Waals surface area contributed by atoms with Crippen molar-refractivity contribution < 1.29 is 21.6 Å². The van der Waals surface area contributed by atoms with E-state index in [0.717, 1.165) is 33.0 Å². The van der Waals surface area contributed by atoms with Gasteiger partial charge >= 0.3 is 6.18 Å². The molecule has 1 fully saturated rings. The zero-order valence-electron chi connectivity index (χ0n) is 16.7. The van der Waals surface area contributed by atoms with Gasteiger partial charge in [-0.25, -0.2) is 13.4 Å². The van der Waals surface area contributed by atoms with E-state index in [1.54, 1.807) is 0 Å². The summed E-state index contributed by atoms with van der Waals surface area (Å²) in [5, 5.41) is 2.80. The number of piperazine rings is 1. The van der Waals surface area contributed by atoms with E-state index in [0.29, 0.717) is 25.6 Å². The Kier molecular flexibility index (Phi) is 6.62. The quantitative estimate of drug-likeness (QED) is 0.451. The zero-order chi connectivity index (χ0) is 22.9. The molecule has 1 saturated heterocycles. The Hall–Kier alpha value is -1.95. The average molecular weight is 546 g/mol. The predicted molar refractivity (Wildman–Crippen MR) is 121 cm³/mol. The minimum absolute atomic E-state index is 0.180. The SMILES string of the molecule is O=S(=O)(c1cccc(C(F)(F)F)c1)N1CCN(c2nc(Cc3cccc(Br)c3)cs2)CC1. The Morgan fingerprint density at radius 2 is 1.75 bits per heavy atom. The Bertz CT molecular complexity index is 1210. The standard InChI is InChI=1S/C21H19BrF3N3O2S2/c22-17-5-1-3-15(11-17)12-18-14-31-20(26-18)27-7-9-28(10-8-27)32(29,30)19-6-2-4-16(13-19)21(23,24)25/h1-6,11,13-14H,7-10,12H2. The molecule has 5 nitrogen and oxygen atoms in total. The van der Waals surface area contributed by atoms with Gasteiger partial charge in [0.05, 0.1) is 16.2 Å². The summed E-state index contributed by atoms with van der Waals surface area (Å²) >= 11 is 4.96. The summed E-state index contributed by atoms with van der Waals surface area (Å²) in [6.45, 7) is 1.20. The highest BCUT2D eigenvalue weighted by Crippen LogP contribution is 2.32. The maximum atomic E-state index is 13.0. The number of halogens is 4. The molecule has 0 radical (unpaired) electrons. The van der Waals surface area contributed by atoms with Gasteiger partial charge in [0.1, 0.15) is 0 Å². The molecule has 32 heavy (non-hydrogen) atoms. The molecule has 2 heterocycles. The summed E-state index contributed by atoms with van der Waals surface area (Å²) in [6.07, 6.45) is -3.90. The zero-order valence-corrected chi connectivity index (χ0v) is 19.9. The second-order valence-corrected chi connectivity index (χ2v) is 11.0. The van der Waals surface area contributed by atoms with Gasteiger partial charge < -0.3 is 4.90 Å². The van der Waals surface area contributed by atoms with Gasteiger partial charge in [0, 0.05) is 42.5 Å². The van der Waals surface area contributed by atoms with Crippen LogP contribution in [0.3, 0.4) is 0 Å². The van der Waals surface area contributed by atoms with Crippen molar-refractivity contribution in [2.24, 2.45) is 0 Å². The molecular weight excluding hydrogens is 527 g/mol. The van der Waals surface area contributed by atoms with E-state index in [2.05, 4.69) is 20.9 Å². The molecule has 0 unspecified atom stereocenters. The van der Waals surface area contributed by atoms with Crippen LogP contribution in [0.25, 0.3) is 0 Å². The Labute approximate surface area is 196 Å². The molecule has 11 heteroatoms. The summed E-state index contributed by atoms with van der Waals surface area (Å²) in [4.78, 5) is 6.34. The smallest absolute Gasteiger partial charge is 0.345 e. The summed E-state index contributed by atoms with van der Waals surface area (Å²) in [6, 6.07) is 11.9. The van der Waals surface area contributed by atoms with Crippen molar-refractivity contribution in [1.82, 2.24) is 9.29 Å². The van der Waals surface area contributed by atoms with Crippen LogP contribution in [-0.4, -0.2) is 43.9 Å². The number of anilines is 1. The fraction of sp³-hybridized carbons (Fsp3) is 0.286. The molecule has 0 atom stereocenters. The number of hydrogen-bond acceptors (Lipinski definition) is 5. The van der Waals surface area contributed by atoms with Gasteiger partial charge in [-0.15, -0.1) is 11.3 Å². The Morgan fingerprint density at radius 1 is 1.03 bits per heavy atom. The largest absolute Gasteiger partial charge is 0.416 e. The third-order valence-electron chi connectivity index (χ3n) is 5.12. The van der Waals surface area contributed by atoms with Gasteiger partial charge in [0.15, 0.2) is 5.13 Å². The number of aromatic nitrogens is 1. The molecule has 3 aromatic rings. The average Bonchev–Trinajstić information content (AvgIpc) is 3.22. The van der Waals surface area contributed by atoms with E-state index >= 15 is 0 Å². The third-order valence-corrected chi connectivity index (χ3v) is 8.46. The fourth-order valence-corrected chi connectivity index (χ4v) is 6.27. The maximum absolute atomic E-state index is 13.0. The number of benzene rings is 2. The third kappa shape index (κ3) is 5.16. The van der Waals surface area contributed by atoms with Crippen LogP contribution in [-0.2, 0) is 22.6 Å². The highest BCUT2D eigenvalue weighted by molar-refractivity contribution is 9.10. The first-order valence-corrected chi connectivity index (χ1v) is 12.9. The molecule has 1 aliphatic rings. The van der Waals surface area contributed by atoms with E-state index in [1.165, 1.54) is 21.7 Å². The second-order valence-electron chi connectivity index (χ2n) is 7.34. The lowest BCUT2D eigenvalue weighted by Crippen LogP contribution is -2.48. The van der Waals surface area contributed by atoms with Gasteiger partial charge in [-0.2, -0.15) is 17.5 Å². The van der Waals surface area contributed by atoms with Gasteiger partial charge in [-0.1, -0.05) is 34.1 Å². The van der Waals surface area contributed by atoms with Crippen LogP contribution in [0.2, 0.25) is 0 Å². The van der Waals surface area contributed by atoms with Crippen LogP contribution in [0.5, 0.6) is 0 Å². The van der Waals surface area contributed by atoms with Crippen molar-refractivity contribution in [2.45, 2.75) is 17.5 Å². The van der Waals surface area contributed by atoms with Gasteiger partial charge in [-0.3, -0.25) is 0 Å². The van der Waals surface area contributed by atoms with Crippen molar-refractivity contribution in [3.63, 3.8) is 0 Å². The number of nitrogens with zero attached hydrogens (tertiary/aromatic N) is 3. The van der Waals surface area contributed by atoms with Gasteiger partial charge in [0.2, 0.25) is 10.0 Å². The lowest BCUT2D eigenvalue weighted by molar-refractivity contribution is -0.137. The summed E-state index contributed by atoms with van der Waals surface area (Å²) in [5.74, 6) is 0. The van der Waals surface area contributed by atoms with Crippen molar-refractivity contribution in [3.05, 3.63) is 75.2 Å². The highest BCUT2D eigenvalue weighted by atomic mass is 79.9. The fourth-order valence-electron chi connectivity index (χ4n) is 3.48. The number of thiazole rings is 1. The van der Waals surface area contributed by atoms with Crippen LogP contribution in [0.4, 0.5) is 18.3 Å². The van der Waals surface area contributed by atoms with E-state index in [4.69, 9.17) is 0 Å². The molecule has 1 aliphatic heterocycles. The van der Waals surface area contributed by atoms with Crippen LogP contribution in [0.15, 0.2) is 63.3 Å². The maximum Gasteiger partial charge on any atom is 0.416 e. The van der Waals surface area contributed by atoms with Gasteiger partial charge in [0.25, 0.3) is 0 Å². The molecule has 4 rings (SSSR count). The van der Waals surface area contributed by atoms with E-state index in [-0.39, 0.29) is 18.0 Å². The first-order chi connectivity index (χ1) is 15.1. The normalized spacial score (nSPS) is 15.8. The first-order valence-electron chi connectivity index (χ1n) is 9.74. The van der Waals surface area contributed by atoms with Gasteiger partial charge in [-0.05, 0) is 35.9 Å². The molecule has 0 saturated carbocycles. The van der Waals surface area contributed by atoms with Crippen molar-refractivity contribution in [3.8, 4) is 0 Å². The van der Waals surface area contributed by atoms with E-state index < -0.39 is 21.8 Å². The van der Waals surface area contributed by atoms with Crippen LogP contribution in [0, 0.1) is 0 Å². The molecular formula is C21H19BrF3N3O2S2. The predicted octanol–water partition coefficient (Wildman–Crippen LogP) is 5.03. The second kappa shape index (κ2) is 9.12. The first kappa shape index (κ1) is 23.2.